The van der Waals surface area contributed by atoms with E-state index in [4.69, 9.17) is 37.7 Å². The van der Waals surface area contributed by atoms with E-state index in [9.17, 15) is 80.2 Å². The zero-order chi connectivity index (χ0) is 62.0. The second-order valence-electron chi connectivity index (χ2n) is 17.3. The Bertz CT molecular complexity index is 2790. The predicted molar refractivity (Wildman–Crippen MR) is 266 cm³/mol. The number of nitrogens with zero attached hydrogens (tertiary/aromatic N) is 3. The number of hydrazone groups is 2. The Kier molecular flexibility index (Phi) is 34.2. The Morgan fingerprint density at radius 3 is 1.65 bits per heavy atom. The van der Waals surface area contributed by atoms with Gasteiger partial charge in [-0.15, -0.1) is 24.0 Å². The molecule has 7 rings (SSSR count). The van der Waals surface area contributed by atoms with Crippen molar-refractivity contribution >= 4 is 53.8 Å². The fraction of sp³-hybridized carbons (Fsp3) is 0.400. The van der Waals surface area contributed by atoms with E-state index in [-0.39, 0.29) is 195 Å². The summed E-state index contributed by atoms with van der Waals surface area (Å²) in [5.41, 5.74) is 4.91. The molecular formula is C50H51Cl2F15K2N7O9+. The Hall–Kier alpha value is -3.05. The number of nitrogens with two attached hydrogens (primary N) is 1. The van der Waals surface area contributed by atoms with Crippen LogP contribution in [0.3, 0.4) is 0 Å². The number of carbonyl (C=O) groups excluding carboxylic acids is 3. The van der Waals surface area contributed by atoms with E-state index in [2.05, 4.69) is 36.1 Å². The van der Waals surface area contributed by atoms with Gasteiger partial charge >= 0.3 is 134 Å². The van der Waals surface area contributed by atoms with Gasteiger partial charge in [-0.05, 0) is 104 Å². The van der Waals surface area contributed by atoms with Gasteiger partial charge in [0.2, 0.25) is 11.8 Å². The molecule has 3 aliphatic heterocycles. The standard InChI is InChI=1S/C24H22F7N3O3.C20H18F7NO2.C4H8ClN3O.C2H2FO3.ClH.2K/c1-13(15-8-16(23(26,27)28)10-17(9-15)24(29,30)31)37-22-21(14-2-4-18(25)5-3-14)34(6-7-36-22)12-19-11-20(35)33-32-19;1-11(13-8-14(19(22,23)24)10-15(9-13)20(25,26)27)30-18-17(28-6-7-29-18)12-2-4-16(21)5-3-12;1-3(9)7-8-4(6)2-5;3-1-5-6-2-4;;;/h2-5,8-10,13,21-22H,6-7,11-12H2,1H3,(H,33,35);2-5,8-11,17-18,28H,6-7H2,1H3;2H2,1H3,(H2,6,8)(H,7,9);1-2H;1H;;/q;;;-1;;2*+1/t13-,21+,22-;11-,17?,18-;;;;;/m11...../s1/i;;;2D;;;. The first-order chi connectivity index (χ1) is 38.7. The number of amidine groups is 1. The average Bonchev–Trinajstić information content (AvgIpc) is 1.45. The number of amides is 2. The monoisotopic (exact) mass is 1330 g/mol. The van der Waals surface area contributed by atoms with E-state index in [1.807, 2.05) is 4.90 Å². The Balaban J connectivity index is 0.000000674. The molecule has 85 heavy (non-hydrogen) atoms. The normalized spacial score (nSPS) is 19.0. The van der Waals surface area contributed by atoms with Gasteiger partial charge in [0.05, 0.1) is 77.8 Å². The predicted octanol–water partition coefficient (Wildman–Crippen LogP) is 5.09. The summed E-state index contributed by atoms with van der Waals surface area (Å²) in [5, 5.41) is 10.5. The summed E-state index contributed by atoms with van der Waals surface area (Å²) in [7, 11) is 0. The Morgan fingerprint density at radius 1 is 0.812 bits per heavy atom. The molecule has 4 aromatic carbocycles. The van der Waals surface area contributed by atoms with Crippen molar-refractivity contribution in [1.29, 1.82) is 0 Å². The van der Waals surface area contributed by atoms with Crippen molar-refractivity contribution in [3.05, 3.63) is 148 Å². The minimum Gasteiger partial charge on any atom is -0.426 e. The van der Waals surface area contributed by atoms with Crippen molar-refractivity contribution < 1.29 is 213 Å². The molecule has 2 saturated heterocycles. The largest absolute Gasteiger partial charge is 1.00 e. The van der Waals surface area contributed by atoms with Crippen molar-refractivity contribution in [3.8, 4) is 0 Å². The molecule has 6 atom stereocenters. The third-order valence-electron chi connectivity index (χ3n) is 11.3. The molecule has 3 heterocycles. The van der Waals surface area contributed by atoms with Crippen molar-refractivity contribution in [2.45, 2.75) is 88.8 Å². The molecule has 2 fully saturated rings. The number of hydrogen-bond donors (Lipinski definition) is 4. The number of hydrogen-bond acceptors (Lipinski definition) is 13. The van der Waals surface area contributed by atoms with Gasteiger partial charge in [-0.2, -0.15) is 62.9 Å². The quantitative estimate of drug-likeness (QED) is 0.0151. The smallest absolute Gasteiger partial charge is 0.426 e. The summed E-state index contributed by atoms with van der Waals surface area (Å²) in [4.78, 5) is 39.4. The van der Waals surface area contributed by atoms with Gasteiger partial charge < -0.3 is 44.2 Å². The molecule has 5 N–H and O–H groups in total. The van der Waals surface area contributed by atoms with E-state index in [0.29, 0.717) is 54.2 Å². The fourth-order valence-electron chi connectivity index (χ4n) is 7.59. The SMILES string of the molecule is CC(=O)N/N=C(\N)CCl.C[C@@H](O[C@H]1OCCN(CC2=NNC(=O)C2)[C@H]1c1ccc(F)cc1)c1cc(C(F)(F)F)cc(C(F)(F)F)c1.C[C@@H](O[C@H]1OCCNC1c1ccc(F)cc1)c1cc(C(F)(F)F)cc(C(F)(F)F)c1.Cl.[2H]C(=O)OO[CH-]F.[K+].[K+]. The number of carbonyl (C=O) groups is 3. The zero-order valence-electron chi connectivity index (χ0n) is 46.1. The van der Waals surface area contributed by atoms with Gasteiger partial charge in [-0.1, -0.05) is 24.3 Å². The van der Waals surface area contributed by atoms with Crippen LogP contribution in [0, 0.1) is 18.5 Å². The van der Waals surface area contributed by atoms with Crippen LogP contribution in [0.1, 0.15) is 97.4 Å². The molecular weight excluding hydrogens is 1280 g/mol. The van der Waals surface area contributed by atoms with Crippen LogP contribution < -0.4 is 125 Å². The van der Waals surface area contributed by atoms with Crippen molar-refractivity contribution in [2.75, 3.05) is 38.7 Å². The maximum atomic E-state index is 13.6. The average molecular weight is 1330 g/mol. The van der Waals surface area contributed by atoms with Crippen LogP contribution in [0.15, 0.2) is 95.1 Å². The van der Waals surface area contributed by atoms with Gasteiger partial charge in [0.15, 0.2) is 14.0 Å². The number of benzene rings is 4. The maximum absolute atomic E-state index is 13.6. The maximum Gasteiger partial charge on any atom is 1.00 e. The molecule has 4 aromatic rings. The van der Waals surface area contributed by atoms with Crippen LogP contribution in [0.2, 0.25) is 0 Å². The molecule has 0 aliphatic carbocycles. The number of ether oxygens (including phenoxy) is 4. The van der Waals surface area contributed by atoms with E-state index < -0.39 is 102 Å². The Morgan fingerprint density at radius 2 is 1.26 bits per heavy atom. The third-order valence-corrected chi connectivity index (χ3v) is 11.6. The number of morpholine rings is 2. The number of alkyl halides is 13. The number of nitrogens with one attached hydrogen (secondary N) is 3. The van der Waals surface area contributed by atoms with Crippen LogP contribution >= 0.6 is 24.0 Å². The number of halogens is 17. The molecule has 0 spiro atoms. The zero-order valence-corrected chi connectivity index (χ0v) is 52.9. The topological polar surface area (TPSA) is 197 Å². The molecule has 3 aliphatic rings. The second kappa shape index (κ2) is 37.2. The first-order valence-corrected chi connectivity index (χ1v) is 24.1. The van der Waals surface area contributed by atoms with Crippen LogP contribution in [0.25, 0.3) is 0 Å². The van der Waals surface area contributed by atoms with Crippen molar-refractivity contribution in [2.24, 2.45) is 15.9 Å². The summed E-state index contributed by atoms with van der Waals surface area (Å²) in [6.07, 6.45) is -25.8. The van der Waals surface area contributed by atoms with Gasteiger partial charge in [0, 0.05) is 26.6 Å². The molecule has 16 nitrogen and oxygen atoms in total. The molecule has 0 saturated carbocycles. The van der Waals surface area contributed by atoms with Crippen LogP contribution in [-0.4, -0.2) is 86.0 Å². The van der Waals surface area contributed by atoms with Gasteiger partial charge in [-0.25, -0.2) is 19.6 Å². The number of rotatable bonds is 14. The molecule has 0 radical (unpaired) electrons. The summed E-state index contributed by atoms with van der Waals surface area (Å²) in [6.45, 7) is 5.02. The molecule has 460 valence electrons. The minimum atomic E-state index is -5.00. The second-order valence-corrected chi connectivity index (χ2v) is 17.6. The summed E-state index contributed by atoms with van der Waals surface area (Å²) in [6, 6.07) is 12.1. The van der Waals surface area contributed by atoms with Crippen LogP contribution in [0.4, 0.5) is 65.9 Å². The first kappa shape index (κ1) is 78.0. The van der Waals surface area contributed by atoms with E-state index in [1.165, 1.54) is 69.3 Å². The molecule has 35 heteroatoms. The third kappa shape index (κ3) is 26.9. The Labute approximate surface area is 573 Å². The van der Waals surface area contributed by atoms with Crippen molar-refractivity contribution in [3.63, 3.8) is 0 Å². The molecule has 0 aromatic heterocycles. The van der Waals surface area contributed by atoms with Gasteiger partial charge in [0.25, 0.3) is 0 Å². The first-order valence-electron chi connectivity index (χ1n) is 24.1. The van der Waals surface area contributed by atoms with Crippen LogP contribution in [0.5, 0.6) is 0 Å². The van der Waals surface area contributed by atoms with E-state index in [0.717, 1.165) is 0 Å². The van der Waals surface area contributed by atoms with E-state index in [1.54, 1.807) is 0 Å². The van der Waals surface area contributed by atoms with E-state index >= 15 is 0 Å². The molecule has 0 bridgehead atoms. The van der Waals surface area contributed by atoms with Gasteiger partial charge in [-0.3, -0.25) is 19.3 Å². The van der Waals surface area contributed by atoms with Gasteiger partial charge in [0.1, 0.15) is 17.5 Å². The van der Waals surface area contributed by atoms with Crippen molar-refractivity contribution in [1.82, 2.24) is 21.1 Å². The summed E-state index contributed by atoms with van der Waals surface area (Å²) < 4.78 is 225. The molecule has 1 unspecified atom stereocenters. The minimum absolute atomic E-state index is 0. The summed E-state index contributed by atoms with van der Waals surface area (Å²) >= 11 is 5.23. The van der Waals surface area contributed by atoms with Crippen LogP contribution in [-0.2, 0) is 67.8 Å². The fourth-order valence-corrected chi connectivity index (χ4v) is 7.65. The molecule has 2 amide bonds. The summed E-state index contributed by atoms with van der Waals surface area (Å²) in [5.74, 6) is -1.18.